The van der Waals surface area contributed by atoms with Crippen LogP contribution >= 0.6 is 11.8 Å². The van der Waals surface area contributed by atoms with Crippen molar-refractivity contribution in [3.63, 3.8) is 0 Å². The van der Waals surface area contributed by atoms with E-state index in [4.69, 9.17) is 0 Å². The Morgan fingerprint density at radius 2 is 1.82 bits per heavy atom. The number of anilines is 2. The average molecular weight is 393 g/mol. The van der Waals surface area contributed by atoms with Crippen molar-refractivity contribution in [2.24, 2.45) is 0 Å². The first-order valence-corrected chi connectivity index (χ1v) is 9.81. The minimum Gasteiger partial charge on any atom is -0.375 e. The third-order valence-corrected chi connectivity index (χ3v) is 4.84. The lowest BCUT2D eigenvalue weighted by molar-refractivity contribution is -0.384. The number of benzene rings is 3. The molecule has 0 aromatic heterocycles. The molecule has 0 bridgehead atoms. The van der Waals surface area contributed by atoms with Crippen LogP contribution in [-0.4, -0.2) is 17.1 Å². The van der Waals surface area contributed by atoms with E-state index in [0.717, 1.165) is 10.5 Å². The molecule has 0 aliphatic carbocycles. The highest BCUT2D eigenvalue weighted by Crippen LogP contribution is 2.27. The van der Waals surface area contributed by atoms with Crippen LogP contribution in [0.5, 0.6) is 0 Å². The fraction of sp³-hybridized carbons (Fsp3) is 0.0952. The fourth-order valence-electron chi connectivity index (χ4n) is 2.67. The van der Waals surface area contributed by atoms with Crippen molar-refractivity contribution in [3.05, 3.63) is 94.0 Å². The monoisotopic (exact) mass is 393 g/mol. The van der Waals surface area contributed by atoms with Gasteiger partial charge in [0.05, 0.1) is 4.92 Å². The van der Waals surface area contributed by atoms with Gasteiger partial charge in [0.1, 0.15) is 5.69 Å². The van der Waals surface area contributed by atoms with Crippen LogP contribution in [0.15, 0.2) is 77.7 Å². The number of carbonyl (C=O) groups excluding carboxylic acids is 1. The topological polar surface area (TPSA) is 84.3 Å². The Bertz CT molecular complexity index is 993. The van der Waals surface area contributed by atoms with E-state index in [1.165, 1.54) is 6.07 Å². The van der Waals surface area contributed by atoms with E-state index in [1.807, 2.05) is 54.8 Å². The molecule has 3 rings (SSSR count). The Morgan fingerprint density at radius 1 is 1.04 bits per heavy atom. The van der Waals surface area contributed by atoms with E-state index < -0.39 is 10.8 Å². The van der Waals surface area contributed by atoms with Gasteiger partial charge in [-0.2, -0.15) is 0 Å². The third-order valence-electron chi connectivity index (χ3n) is 4.11. The van der Waals surface area contributed by atoms with Gasteiger partial charge in [0.25, 0.3) is 11.6 Å². The maximum atomic E-state index is 12.5. The molecule has 0 saturated heterocycles. The van der Waals surface area contributed by atoms with E-state index in [9.17, 15) is 14.9 Å². The molecule has 0 unspecified atom stereocenters. The molecule has 0 radical (unpaired) electrons. The number of hydrogen-bond donors (Lipinski definition) is 2. The molecule has 0 aliphatic rings. The second kappa shape index (κ2) is 9.05. The summed E-state index contributed by atoms with van der Waals surface area (Å²) in [4.78, 5) is 24.5. The number of nitrogens with zero attached hydrogens (tertiary/aromatic N) is 1. The molecule has 0 aliphatic heterocycles. The minimum absolute atomic E-state index is 0.138. The standard InChI is InChI=1S/C21H19N3O3S/c1-28-18-9-5-8-17(13-18)23-21(25)16-10-11-19(20(12-16)24(26)27)22-14-15-6-3-2-4-7-15/h2-13,22H,14H2,1H3,(H,23,25). The molecule has 7 heteroatoms. The highest BCUT2D eigenvalue weighted by Gasteiger charge is 2.17. The average Bonchev–Trinajstić information content (AvgIpc) is 2.73. The van der Waals surface area contributed by atoms with Crippen molar-refractivity contribution < 1.29 is 9.72 Å². The van der Waals surface area contributed by atoms with Crippen molar-refractivity contribution in [1.82, 2.24) is 0 Å². The summed E-state index contributed by atoms with van der Waals surface area (Å²) in [7, 11) is 0. The Morgan fingerprint density at radius 3 is 2.54 bits per heavy atom. The lowest BCUT2D eigenvalue weighted by Gasteiger charge is -2.10. The highest BCUT2D eigenvalue weighted by molar-refractivity contribution is 7.98. The Labute approximate surface area is 167 Å². The van der Waals surface area contributed by atoms with Gasteiger partial charge < -0.3 is 10.6 Å². The first-order chi connectivity index (χ1) is 13.6. The maximum Gasteiger partial charge on any atom is 0.293 e. The number of nitro benzene ring substituents is 1. The summed E-state index contributed by atoms with van der Waals surface area (Å²) < 4.78 is 0. The summed E-state index contributed by atoms with van der Waals surface area (Å²) in [5.74, 6) is -0.393. The van der Waals surface area contributed by atoms with Crippen LogP contribution in [0.3, 0.4) is 0 Å². The van der Waals surface area contributed by atoms with Crippen molar-refractivity contribution >= 4 is 34.7 Å². The smallest absolute Gasteiger partial charge is 0.293 e. The molecule has 0 fully saturated rings. The van der Waals surface area contributed by atoms with E-state index in [2.05, 4.69) is 10.6 Å². The predicted octanol–water partition coefficient (Wildman–Crippen LogP) is 5.18. The molecule has 2 N–H and O–H groups in total. The van der Waals surface area contributed by atoms with Crippen molar-refractivity contribution in [1.29, 1.82) is 0 Å². The zero-order valence-corrected chi connectivity index (χ0v) is 16.0. The first kappa shape index (κ1) is 19.4. The highest BCUT2D eigenvalue weighted by atomic mass is 32.2. The minimum atomic E-state index is -0.488. The number of rotatable bonds is 7. The molecule has 142 valence electrons. The molecular formula is C21H19N3O3S. The van der Waals surface area contributed by atoms with E-state index >= 15 is 0 Å². The van der Waals surface area contributed by atoms with Gasteiger partial charge in [0.2, 0.25) is 0 Å². The molecule has 3 aromatic rings. The molecule has 0 saturated carbocycles. The maximum absolute atomic E-state index is 12.5. The molecular weight excluding hydrogens is 374 g/mol. The number of thioether (sulfide) groups is 1. The van der Waals surface area contributed by atoms with E-state index in [1.54, 1.807) is 30.0 Å². The SMILES string of the molecule is CSc1cccc(NC(=O)c2ccc(NCc3ccccc3)c([N+](=O)[O-])c2)c1. The van der Waals surface area contributed by atoms with Gasteiger partial charge in [-0.05, 0) is 42.2 Å². The quantitative estimate of drug-likeness (QED) is 0.328. The van der Waals surface area contributed by atoms with Crippen LogP contribution in [0.4, 0.5) is 17.1 Å². The van der Waals surface area contributed by atoms with E-state index in [-0.39, 0.29) is 11.3 Å². The van der Waals surface area contributed by atoms with Crippen LogP contribution in [0.25, 0.3) is 0 Å². The van der Waals surface area contributed by atoms with Gasteiger partial charge in [-0.15, -0.1) is 11.8 Å². The number of nitro groups is 1. The molecule has 28 heavy (non-hydrogen) atoms. The second-order valence-electron chi connectivity index (χ2n) is 6.01. The van der Waals surface area contributed by atoms with Crippen LogP contribution in [-0.2, 0) is 6.54 Å². The normalized spacial score (nSPS) is 10.3. The Kier molecular flexibility index (Phi) is 6.29. The summed E-state index contributed by atoms with van der Waals surface area (Å²) in [5.41, 5.74) is 2.11. The molecule has 0 atom stereocenters. The lowest BCUT2D eigenvalue weighted by atomic mass is 10.1. The van der Waals surface area contributed by atoms with Crippen LogP contribution in [0.2, 0.25) is 0 Å². The van der Waals surface area contributed by atoms with Gasteiger partial charge in [-0.3, -0.25) is 14.9 Å². The zero-order chi connectivity index (χ0) is 19.9. The second-order valence-corrected chi connectivity index (χ2v) is 6.89. The fourth-order valence-corrected chi connectivity index (χ4v) is 3.13. The summed E-state index contributed by atoms with van der Waals surface area (Å²) in [6.45, 7) is 0.453. The lowest BCUT2D eigenvalue weighted by Crippen LogP contribution is -2.13. The molecule has 6 nitrogen and oxygen atoms in total. The first-order valence-electron chi connectivity index (χ1n) is 8.58. The number of nitrogens with one attached hydrogen (secondary N) is 2. The van der Waals surface area contributed by atoms with E-state index in [0.29, 0.717) is 17.9 Å². The van der Waals surface area contributed by atoms with Crippen molar-refractivity contribution in [2.45, 2.75) is 11.4 Å². The van der Waals surface area contributed by atoms with Crippen molar-refractivity contribution in [2.75, 3.05) is 16.9 Å². The van der Waals surface area contributed by atoms with Crippen LogP contribution < -0.4 is 10.6 Å². The van der Waals surface area contributed by atoms with Crippen LogP contribution in [0.1, 0.15) is 15.9 Å². The number of amides is 1. The predicted molar refractivity (Wildman–Crippen MR) is 113 cm³/mol. The Hall–Kier alpha value is -3.32. The summed E-state index contributed by atoms with van der Waals surface area (Å²) >= 11 is 1.57. The summed E-state index contributed by atoms with van der Waals surface area (Å²) in [5, 5.41) is 17.3. The van der Waals surface area contributed by atoms with Gasteiger partial charge >= 0.3 is 0 Å². The molecule has 0 heterocycles. The van der Waals surface area contributed by atoms with Crippen molar-refractivity contribution in [3.8, 4) is 0 Å². The Balaban J connectivity index is 1.77. The zero-order valence-electron chi connectivity index (χ0n) is 15.2. The molecule has 3 aromatic carbocycles. The number of hydrogen-bond acceptors (Lipinski definition) is 5. The molecule has 1 amide bonds. The summed E-state index contributed by atoms with van der Waals surface area (Å²) in [6.07, 6.45) is 1.95. The summed E-state index contributed by atoms with van der Waals surface area (Å²) in [6, 6.07) is 21.5. The van der Waals surface area contributed by atoms with Gasteiger partial charge in [-0.1, -0.05) is 36.4 Å². The van der Waals surface area contributed by atoms with Crippen LogP contribution in [0, 0.1) is 10.1 Å². The van der Waals surface area contributed by atoms with Gasteiger partial charge in [0.15, 0.2) is 0 Å². The largest absolute Gasteiger partial charge is 0.375 e. The third kappa shape index (κ3) is 4.89. The number of carbonyl (C=O) groups is 1. The van der Waals surface area contributed by atoms with Gasteiger partial charge in [-0.25, -0.2) is 0 Å². The molecule has 0 spiro atoms. The van der Waals surface area contributed by atoms with Gasteiger partial charge in [0, 0.05) is 28.8 Å².